The van der Waals surface area contributed by atoms with E-state index in [1.54, 1.807) is 0 Å². The molecule has 0 atom stereocenters. The van der Waals surface area contributed by atoms with E-state index in [1.165, 1.54) is 205 Å². The summed E-state index contributed by atoms with van der Waals surface area (Å²) < 4.78 is 5.51. The van der Waals surface area contributed by atoms with Gasteiger partial charge in [-0.25, -0.2) is 0 Å². The molecule has 0 saturated heterocycles. The monoisotopic (exact) mass is 847 g/mol. The van der Waals surface area contributed by atoms with Gasteiger partial charge >= 0.3 is 5.97 Å². The van der Waals surface area contributed by atoms with Crippen LogP contribution in [-0.2, 0) is 9.53 Å². The third-order valence-corrected chi connectivity index (χ3v) is 12.3. The highest BCUT2D eigenvalue weighted by Crippen LogP contribution is 2.14. The van der Waals surface area contributed by atoms with E-state index in [2.05, 4.69) is 48.0 Å². The molecule has 0 heterocycles. The first-order valence-corrected chi connectivity index (χ1v) is 26.8. The van der Waals surface area contributed by atoms with Crippen LogP contribution in [0.1, 0.15) is 258 Å². The number of hydrogen-bond acceptors (Lipinski definition) is 6. The van der Waals surface area contributed by atoms with Crippen LogP contribution in [0.15, 0.2) is 24.3 Å². The van der Waals surface area contributed by atoms with Crippen LogP contribution in [0, 0.1) is 0 Å². The zero-order chi connectivity index (χ0) is 43.5. The molecule has 60 heavy (non-hydrogen) atoms. The van der Waals surface area contributed by atoms with E-state index < -0.39 is 0 Å². The van der Waals surface area contributed by atoms with E-state index >= 15 is 0 Å². The van der Waals surface area contributed by atoms with Crippen molar-refractivity contribution in [3.63, 3.8) is 0 Å². The van der Waals surface area contributed by atoms with Crippen LogP contribution in [0.2, 0.25) is 0 Å². The number of esters is 1. The molecule has 6 heteroatoms. The molecule has 0 spiro atoms. The van der Waals surface area contributed by atoms with Gasteiger partial charge in [-0.1, -0.05) is 205 Å². The first-order valence-electron chi connectivity index (χ1n) is 26.8. The van der Waals surface area contributed by atoms with Crippen molar-refractivity contribution in [2.24, 2.45) is 0 Å². The number of aliphatic hydroxyl groups excluding tert-OH is 2. The number of rotatable bonds is 51. The molecule has 0 aromatic heterocycles. The van der Waals surface area contributed by atoms with Crippen molar-refractivity contribution in [3.05, 3.63) is 24.3 Å². The topological polar surface area (TPSA) is 73.2 Å². The van der Waals surface area contributed by atoms with E-state index in [0.29, 0.717) is 13.0 Å². The SMILES string of the molecule is CCCCC/C=C\C/C=C\CCCCCCCCN(CCO)CCCCCCCCCCOC(=O)CCCCCCCCCN(CCO)CCCCCCCCCCCC. The summed E-state index contributed by atoms with van der Waals surface area (Å²) in [5.41, 5.74) is 0. The molecule has 0 unspecified atom stereocenters. The third kappa shape index (κ3) is 47.8. The molecule has 0 aromatic carbocycles. The Morgan fingerprint density at radius 1 is 0.383 bits per heavy atom. The summed E-state index contributed by atoms with van der Waals surface area (Å²) in [5, 5.41) is 19.0. The van der Waals surface area contributed by atoms with Crippen molar-refractivity contribution in [2.45, 2.75) is 258 Å². The van der Waals surface area contributed by atoms with Crippen LogP contribution in [-0.4, -0.2) is 85.1 Å². The number of carbonyl (C=O) groups is 1. The quantitative estimate of drug-likeness (QED) is 0.0361. The van der Waals surface area contributed by atoms with Crippen molar-refractivity contribution >= 4 is 5.97 Å². The highest BCUT2D eigenvalue weighted by molar-refractivity contribution is 5.69. The van der Waals surface area contributed by atoms with E-state index in [1.807, 2.05) is 0 Å². The standard InChI is InChI=1S/C54H106N2O4/c1-3-5-7-9-11-13-15-16-17-18-19-20-22-28-34-40-46-55(49-51-57)47-41-35-29-23-24-31-37-43-53-60-54(59)44-38-32-26-25-30-36-42-48-56(50-52-58)45-39-33-27-21-14-12-10-8-6-4-2/h11,13,16-17,57-58H,3-10,12,14-15,18-53H2,1-2H3/b13-11-,17-16-. The Morgan fingerprint density at radius 3 is 1.10 bits per heavy atom. The second kappa shape index (κ2) is 52.1. The van der Waals surface area contributed by atoms with Crippen molar-refractivity contribution < 1.29 is 19.7 Å². The largest absolute Gasteiger partial charge is 0.466 e. The van der Waals surface area contributed by atoms with Crippen LogP contribution in [0.5, 0.6) is 0 Å². The third-order valence-electron chi connectivity index (χ3n) is 12.3. The van der Waals surface area contributed by atoms with Gasteiger partial charge in [-0.2, -0.15) is 0 Å². The lowest BCUT2D eigenvalue weighted by atomic mass is 10.1. The van der Waals surface area contributed by atoms with Crippen molar-refractivity contribution in [1.29, 1.82) is 0 Å². The number of hydrogen-bond donors (Lipinski definition) is 2. The highest BCUT2D eigenvalue weighted by atomic mass is 16.5. The number of unbranched alkanes of at least 4 members (excludes halogenated alkanes) is 31. The zero-order valence-corrected chi connectivity index (χ0v) is 40.6. The first-order chi connectivity index (χ1) is 29.7. The predicted molar refractivity (Wildman–Crippen MR) is 263 cm³/mol. The van der Waals surface area contributed by atoms with Gasteiger partial charge in [0.2, 0.25) is 0 Å². The summed E-state index contributed by atoms with van der Waals surface area (Å²) in [6, 6.07) is 0. The van der Waals surface area contributed by atoms with Gasteiger partial charge in [0.1, 0.15) is 0 Å². The van der Waals surface area contributed by atoms with Gasteiger partial charge in [0.25, 0.3) is 0 Å². The van der Waals surface area contributed by atoms with Crippen LogP contribution in [0.4, 0.5) is 0 Å². The van der Waals surface area contributed by atoms with Crippen molar-refractivity contribution in [1.82, 2.24) is 9.80 Å². The van der Waals surface area contributed by atoms with Gasteiger partial charge < -0.3 is 24.7 Å². The molecule has 2 N–H and O–H groups in total. The lowest BCUT2D eigenvalue weighted by Gasteiger charge is -2.21. The Morgan fingerprint density at radius 2 is 0.700 bits per heavy atom. The van der Waals surface area contributed by atoms with Gasteiger partial charge in [-0.05, 0) is 96.8 Å². The fourth-order valence-electron chi connectivity index (χ4n) is 8.35. The summed E-state index contributed by atoms with van der Waals surface area (Å²) in [6.07, 6.45) is 57.2. The maximum atomic E-state index is 12.2. The van der Waals surface area contributed by atoms with Crippen LogP contribution in [0.3, 0.4) is 0 Å². The minimum atomic E-state index is -0.0114. The molecular formula is C54H106N2O4. The first kappa shape index (κ1) is 58.8. The molecule has 0 rings (SSSR count). The fourth-order valence-corrected chi connectivity index (χ4v) is 8.35. The predicted octanol–water partition coefficient (Wildman–Crippen LogP) is 15.1. The molecule has 356 valence electrons. The number of aliphatic hydroxyl groups is 2. The molecule has 0 aliphatic carbocycles. The lowest BCUT2D eigenvalue weighted by Crippen LogP contribution is -2.29. The summed E-state index contributed by atoms with van der Waals surface area (Å²) in [5.74, 6) is -0.0114. The Balaban J connectivity index is 3.54. The smallest absolute Gasteiger partial charge is 0.305 e. The number of allylic oxidation sites excluding steroid dienone is 4. The number of nitrogens with zero attached hydrogens (tertiary/aromatic N) is 2. The van der Waals surface area contributed by atoms with Crippen molar-refractivity contribution in [2.75, 3.05) is 59.1 Å². The van der Waals surface area contributed by atoms with E-state index in [-0.39, 0.29) is 19.2 Å². The highest BCUT2D eigenvalue weighted by Gasteiger charge is 2.07. The maximum absolute atomic E-state index is 12.2. The van der Waals surface area contributed by atoms with E-state index in [0.717, 1.165) is 71.4 Å². The van der Waals surface area contributed by atoms with Gasteiger partial charge in [0, 0.05) is 19.5 Å². The minimum absolute atomic E-state index is 0.0114. The van der Waals surface area contributed by atoms with E-state index in [4.69, 9.17) is 4.74 Å². The van der Waals surface area contributed by atoms with Crippen molar-refractivity contribution in [3.8, 4) is 0 Å². The van der Waals surface area contributed by atoms with Gasteiger partial charge in [-0.15, -0.1) is 0 Å². The Kier molecular flexibility index (Phi) is 51.1. The molecular weight excluding hydrogens is 741 g/mol. The summed E-state index contributed by atoms with van der Waals surface area (Å²) in [7, 11) is 0. The van der Waals surface area contributed by atoms with Crippen LogP contribution < -0.4 is 0 Å². The Labute approximate surface area is 375 Å². The molecule has 0 aromatic rings. The average molecular weight is 847 g/mol. The molecule has 0 fully saturated rings. The molecule has 0 amide bonds. The van der Waals surface area contributed by atoms with Crippen LogP contribution >= 0.6 is 0 Å². The zero-order valence-electron chi connectivity index (χ0n) is 40.6. The Bertz CT molecular complexity index is 880. The summed E-state index contributed by atoms with van der Waals surface area (Å²) in [6.45, 7) is 11.8. The Hall–Kier alpha value is -1.21. The molecule has 0 saturated carbocycles. The average Bonchev–Trinajstić information content (AvgIpc) is 3.25. The van der Waals surface area contributed by atoms with Gasteiger partial charge in [0.05, 0.1) is 19.8 Å². The second-order valence-corrected chi connectivity index (χ2v) is 18.2. The minimum Gasteiger partial charge on any atom is -0.466 e. The lowest BCUT2D eigenvalue weighted by molar-refractivity contribution is -0.143. The molecule has 0 aliphatic rings. The molecule has 0 bridgehead atoms. The molecule has 0 aliphatic heterocycles. The fraction of sp³-hybridized carbons (Fsp3) is 0.907. The number of carbonyl (C=O) groups excluding carboxylic acids is 1. The summed E-state index contributed by atoms with van der Waals surface area (Å²) >= 11 is 0. The maximum Gasteiger partial charge on any atom is 0.305 e. The van der Waals surface area contributed by atoms with Crippen LogP contribution in [0.25, 0.3) is 0 Å². The molecule has 6 nitrogen and oxygen atoms in total. The molecule has 0 radical (unpaired) electrons. The normalized spacial score (nSPS) is 12.0. The number of ether oxygens (including phenoxy) is 1. The second-order valence-electron chi connectivity index (χ2n) is 18.2. The van der Waals surface area contributed by atoms with E-state index in [9.17, 15) is 15.0 Å². The van der Waals surface area contributed by atoms with Gasteiger partial charge in [-0.3, -0.25) is 4.79 Å². The van der Waals surface area contributed by atoms with Gasteiger partial charge in [0.15, 0.2) is 0 Å². The summed E-state index contributed by atoms with van der Waals surface area (Å²) in [4.78, 5) is 17.1.